The molecule has 0 aliphatic carbocycles. The fourth-order valence-corrected chi connectivity index (χ4v) is 2.80. The number of nitrogens with two attached hydrogens (primary N) is 1. The van der Waals surface area contributed by atoms with Gasteiger partial charge in [0.15, 0.2) is 0 Å². The Morgan fingerprint density at radius 3 is 2.67 bits per heavy atom. The SMILES string of the molecule is Nc1ccc(F)c(NS(=O)(=O)N2CCOCC2)c1. The molecule has 1 fully saturated rings. The second-order valence-electron chi connectivity index (χ2n) is 3.86. The van der Waals surface area contributed by atoms with Gasteiger partial charge in [-0.15, -0.1) is 0 Å². The Kier molecular flexibility index (Phi) is 3.69. The van der Waals surface area contributed by atoms with Crippen molar-refractivity contribution in [1.82, 2.24) is 4.31 Å². The lowest BCUT2D eigenvalue weighted by molar-refractivity contribution is 0.0733. The summed E-state index contributed by atoms with van der Waals surface area (Å²) < 4.78 is 45.8. The maximum Gasteiger partial charge on any atom is 0.301 e. The summed E-state index contributed by atoms with van der Waals surface area (Å²) in [7, 11) is -3.77. The van der Waals surface area contributed by atoms with Crippen LogP contribution in [-0.2, 0) is 14.9 Å². The molecule has 1 heterocycles. The predicted molar refractivity (Wildman–Crippen MR) is 65.7 cm³/mol. The van der Waals surface area contributed by atoms with Crippen LogP contribution in [-0.4, -0.2) is 39.0 Å². The summed E-state index contributed by atoms with van der Waals surface area (Å²) in [6, 6.07) is 3.72. The van der Waals surface area contributed by atoms with E-state index in [2.05, 4.69) is 4.72 Å². The number of hydrogen-bond donors (Lipinski definition) is 2. The lowest BCUT2D eigenvalue weighted by Crippen LogP contribution is -2.43. The van der Waals surface area contributed by atoms with Gasteiger partial charge in [0.25, 0.3) is 0 Å². The zero-order valence-electron chi connectivity index (χ0n) is 9.60. The highest BCUT2D eigenvalue weighted by Crippen LogP contribution is 2.20. The molecule has 0 atom stereocenters. The van der Waals surface area contributed by atoms with Crippen molar-refractivity contribution in [3.63, 3.8) is 0 Å². The quantitative estimate of drug-likeness (QED) is 0.782. The molecule has 1 aliphatic rings. The third-order valence-electron chi connectivity index (χ3n) is 2.54. The number of nitrogens with one attached hydrogen (secondary N) is 1. The highest BCUT2D eigenvalue weighted by atomic mass is 32.2. The third-order valence-corrected chi connectivity index (χ3v) is 4.06. The molecule has 0 aromatic heterocycles. The van der Waals surface area contributed by atoms with Gasteiger partial charge in [0.1, 0.15) is 5.82 Å². The van der Waals surface area contributed by atoms with Gasteiger partial charge in [-0.2, -0.15) is 12.7 Å². The van der Waals surface area contributed by atoms with Crippen molar-refractivity contribution in [3.8, 4) is 0 Å². The predicted octanol–water partition coefficient (Wildman–Crippen LogP) is 0.397. The van der Waals surface area contributed by atoms with Gasteiger partial charge < -0.3 is 10.5 Å². The molecule has 0 bridgehead atoms. The minimum atomic E-state index is -3.77. The zero-order chi connectivity index (χ0) is 13.2. The first-order chi connectivity index (χ1) is 8.49. The summed E-state index contributed by atoms with van der Waals surface area (Å²) in [5.74, 6) is -0.666. The van der Waals surface area contributed by atoms with Crippen LogP contribution in [0.3, 0.4) is 0 Å². The highest BCUT2D eigenvalue weighted by molar-refractivity contribution is 7.90. The molecule has 1 saturated heterocycles. The summed E-state index contributed by atoms with van der Waals surface area (Å²) in [6.07, 6.45) is 0. The topological polar surface area (TPSA) is 84.7 Å². The van der Waals surface area contributed by atoms with E-state index in [4.69, 9.17) is 10.5 Å². The molecule has 3 N–H and O–H groups in total. The van der Waals surface area contributed by atoms with Crippen LogP contribution in [0.2, 0.25) is 0 Å². The van der Waals surface area contributed by atoms with E-state index in [1.807, 2.05) is 0 Å². The van der Waals surface area contributed by atoms with E-state index in [1.165, 1.54) is 16.4 Å². The molecule has 100 valence electrons. The van der Waals surface area contributed by atoms with E-state index in [0.29, 0.717) is 13.2 Å². The molecule has 0 radical (unpaired) electrons. The summed E-state index contributed by atoms with van der Waals surface area (Å²) in [4.78, 5) is 0. The first kappa shape index (κ1) is 13.1. The van der Waals surface area contributed by atoms with Gasteiger partial charge in [0.2, 0.25) is 0 Å². The van der Waals surface area contributed by atoms with Gasteiger partial charge in [-0.3, -0.25) is 4.72 Å². The maximum absolute atomic E-state index is 13.4. The summed E-state index contributed by atoms with van der Waals surface area (Å²) in [5.41, 5.74) is 5.63. The van der Waals surface area contributed by atoms with Crippen LogP contribution in [0.4, 0.5) is 15.8 Å². The molecule has 0 unspecified atom stereocenters. The molecule has 2 rings (SSSR count). The third kappa shape index (κ3) is 2.89. The number of benzene rings is 1. The van der Waals surface area contributed by atoms with E-state index < -0.39 is 16.0 Å². The molecule has 8 heteroatoms. The van der Waals surface area contributed by atoms with E-state index in [0.717, 1.165) is 6.07 Å². The number of rotatable bonds is 3. The first-order valence-electron chi connectivity index (χ1n) is 5.40. The van der Waals surface area contributed by atoms with Crippen LogP contribution in [0.25, 0.3) is 0 Å². The number of anilines is 2. The summed E-state index contributed by atoms with van der Waals surface area (Å²) >= 11 is 0. The second-order valence-corrected chi connectivity index (χ2v) is 5.53. The van der Waals surface area contributed by atoms with Crippen molar-refractivity contribution in [3.05, 3.63) is 24.0 Å². The van der Waals surface area contributed by atoms with Crippen molar-refractivity contribution in [2.75, 3.05) is 36.8 Å². The Labute approximate surface area is 105 Å². The number of nitrogen functional groups attached to an aromatic ring is 1. The van der Waals surface area contributed by atoms with E-state index in [1.54, 1.807) is 0 Å². The van der Waals surface area contributed by atoms with E-state index in [9.17, 15) is 12.8 Å². The molecule has 6 nitrogen and oxygen atoms in total. The van der Waals surface area contributed by atoms with Gasteiger partial charge in [-0.25, -0.2) is 4.39 Å². The van der Waals surface area contributed by atoms with Crippen LogP contribution >= 0.6 is 0 Å². The van der Waals surface area contributed by atoms with E-state index >= 15 is 0 Å². The molecular weight excluding hydrogens is 261 g/mol. The van der Waals surface area contributed by atoms with E-state index in [-0.39, 0.29) is 24.5 Å². The van der Waals surface area contributed by atoms with Crippen LogP contribution in [0.1, 0.15) is 0 Å². The highest BCUT2D eigenvalue weighted by Gasteiger charge is 2.25. The standard InChI is InChI=1S/C10H14FN3O3S/c11-9-2-1-8(12)7-10(9)13-18(15,16)14-3-5-17-6-4-14/h1-2,7,13H,3-6,12H2. The minimum Gasteiger partial charge on any atom is -0.399 e. The molecule has 1 aromatic carbocycles. The molecule has 1 aromatic rings. The Bertz CT molecular complexity index is 529. The van der Waals surface area contributed by atoms with Crippen molar-refractivity contribution in [2.45, 2.75) is 0 Å². The van der Waals surface area contributed by atoms with Crippen LogP contribution in [0.5, 0.6) is 0 Å². The molecule has 0 amide bonds. The van der Waals surface area contributed by atoms with Crippen molar-refractivity contribution in [1.29, 1.82) is 0 Å². The maximum atomic E-state index is 13.4. The number of nitrogens with zero attached hydrogens (tertiary/aromatic N) is 1. The molecule has 18 heavy (non-hydrogen) atoms. The first-order valence-corrected chi connectivity index (χ1v) is 6.84. The zero-order valence-corrected chi connectivity index (χ0v) is 10.4. The fraction of sp³-hybridized carbons (Fsp3) is 0.400. The van der Waals surface area contributed by atoms with Gasteiger partial charge in [0.05, 0.1) is 18.9 Å². The monoisotopic (exact) mass is 275 g/mol. The fourth-order valence-electron chi connectivity index (χ4n) is 1.61. The van der Waals surface area contributed by atoms with Gasteiger partial charge in [-0.1, -0.05) is 0 Å². The normalized spacial score (nSPS) is 17.6. The molecular formula is C10H14FN3O3S. The van der Waals surface area contributed by atoms with Crippen molar-refractivity contribution in [2.24, 2.45) is 0 Å². The van der Waals surface area contributed by atoms with Crippen LogP contribution < -0.4 is 10.5 Å². The van der Waals surface area contributed by atoms with Gasteiger partial charge in [-0.05, 0) is 18.2 Å². The summed E-state index contributed by atoms with van der Waals surface area (Å²) in [5, 5.41) is 0. The Balaban J connectivity index is 2.18. The average Bonchev–Trinajstić information content (AvgIpc) is 2.35. The van der Waals surface area contributed by atoms with Crippen molar-refractivity contribution >= 4 is 21.6 Å². The number of ether oxygens (including phenoxy) is 1. The molecule has 0 spiro atoms. The Hall–Kier alpha value is -1.38. The Morgan fingerprint density at radius 2 is 2.00 bits per heavy atom. The second kappa shape index (κ2) is 5.09. The summed E-state index contributed by atoms with van der Waals surface area (Å²) in [6.45, 7) is 1.17. The van der Waals surface area contributed by atoms with Crippen LogP contribution in [0.15, 0.2) is 18.2 Å². The lowest BCUT2D eigenvalue weighted by atomic mass is 10.3. The van der Waals surface area contributed by atoms with Crippen molar-refractivity contribution < 1.29 is 17.5 Å². The molecule has 1 aliphatic heterocycles. The Morgan fingerprint density at radius 1 is 1.33 bits per heavy atom. The number of halogens is 1. The molecule has 0 saturated carbocycles. The number of hydrogen-bond acceptors (Lipinski definition) is 4. The minimum absolute atomic E-state index is 0.151. The largest absolute Gasteiger partial charge is 0.399 e. The number of morpholine rings is 1. The lowest BCUT2D eigenvalue weighted by Gasteiger charge is -2.26. The van der Waals surface area contributed by atoms with Crippen LogP contribution in [0, 0.1) is 5.82 Å². The average molecular weight is 275 g/mol. The van der Waals surface area contributed by atoms with Gasteiger partial charge >= 0.3 is 10.2 Å². The van der Waals surface area contributed by atoms with Gasteiger partial charge in [0, 0.05) is 18.8 Å². The smallest absolute Gasteiger partial charge is 0.301 e.